The number of hydrogen-bond acceptors (Lipinski definition) is 3. The maximum absolute atomic E-state index is 13.2. The summed E-state index contributed by atoms with van der Waals surface area (Å²) in [5.41, 5.74) is 3.94. The summed E-state index contributed by atoms with van der Waals surface area (Å²) in [5.74, 6) is -0.250. The molecule has 138 valence electrons. The number of nitrogens with zero attached hydrogens (tertiary/aromatic N) is 2. The highest BCUT2D eigenvalue weighted by Crippen LogP contribution is 2.17. The fraction of sp³-hybridized carbons (Fsp3) is 0.125. The van der Waals surface area contributed by atoms with Gasteiger partial charge in [0.15, 0.2) is 5.78 Å². The summed E-state index contributed by atoms with van der Waals surface area (Å²) in [6, 6.07) is 20.6. The van der Waals surface area contributed by atoms with E-state index in [9.17, 15) is 9.59 Å². The topological polar surface area (TPSA) is 52.0 Å². The standard InChI is InChI=1S/C24H20N2O2/c1-16-8-3-4-11-19(16)23(27)21-15-26(14-18-10-7-9-17(2)25-18)22-13-6-5-12-20(22)24(21)28/h3-13,15H,14H2,1-2H3. The van der Waals surface area contributed by atoms with Gasteiger partial charge in [0.2, 0.25) is 5.43 Å². The van der Waals surface area contributed by atoms with E-state index in [1.807, 2.05) is 73.0 Å². The monoisotopic (exact) mass is 368 g/mol. The summed E-state index contributed by atoms with van der Waals surface area (Å²) in [6.07, 6.45) is 1.67. The number of ketones is 1. The lowest BCUT2D eigenvalue weighted by atomic mass is 9.98. The van der Waals surface area contributed by atoms with E-state index >= 15 is 0 Å². The molecular formula is C24H20N2O2. The molecule has 0 saturated heterocycles. The summed E-state index contributed by atoms with van der Waals surface area (Å²) in [4.78, 5) is 30.8. The van der Waals surface area contributed by atoms with Gasteiger partial charge in [-0.15, -0.1) is 0 Å². The first-order valence-corrected chi connectivity index (χ1v) is 9.19. The van der Waals surface area contributed by atoms with Gasteiger partial charge in [0.25, 0.3) is 0 Å². The number of carbonyl (C=O) groups is 1. The molecule has 0 spiro atoms. The Bertz CT molecular complexity index is 1250. The molecule has 0 saturated carbocycles. The van der Waals surface area contributed by atoms with Gasteiger partial charge in [-0.2, -0.15) is 0 Å². The first kappa shape index (κ1) is 17.9. The Balaban J connectivity index is 1.91. The second-order valence-corrected chi connectivity index (χ2v) is 6.93. The zero-order valence-electron chi connectivity index (χ0n) is 15.8. The second-order valence-electron chi connectivity index (χ2n) is 6.93. The molecule has 0 aliphatic heterocycles. The number of aromatic nitrogens is 2. The van der Waals surface area contributed by atoms with Gasteiger partial charge < -0.3 is 4.57 Å². The Morgan fingerprint density at radius 1 is 0.893 bits per heavy atom. The minimum absolute atomic E-state index is 0.181. The highest BCUT2D eigenvalue weighted by molar-refractivity contribution is 6.10. The second kappa shape index (κ2) is 7.24. The Labute approximate surface area is 163 Å². The molecule has 4 nitrogen and oxygen atoms in total. The Morgan fingerprint density at radius 2 is 1.64 bits per heavy atom. The van der Waals surface area contributed by atoms with Crippen LogP contribution in [-0.4, -0.2) is 15.3 Å². The van der Waals surface area contributed by atoms with Gasteiger partial charge in [0.1, 0.15) is 0 Å². The summed E-state index contributed by atoms with van der Waals surface area (Å²) in [6.45, 7) is 4.31. The number of fused-ring (bicyclic) bond motifs is 1. The van der Waals surface area contributed by atoms with Crippen LogP contribution in [0.4, 0.5) is 0 Å². The van der Waals surface area contributed by atoms with Crippen LogP contribution >= 0.6 is 0 Å². The molecule has 0 N–H and O–H groups in total. The van der Waals surface area contributed by atoms with Crippen LogP contribution in [0.15, 0.2) is 77.7 Å². The van der Waals surface area contributed by atoms with Crippen molar-refractivity contribution in [3.63, 3.8) is 0 Å². The molecule has 4 heteroatoms. The van der Waals surface area contributed by atoms with Crippen LogP contribution in [-0.2, 0) is 6.54 Å². The van der Waals surface area contributed by atoms with Crippen molar-refractivity contribution in [1.29, 1.82) is 0 Å². The van der Waals surface area contributed by atoms with Crippen molar-refractivity contribution in [2.24, 2.45) is 0 Å². The van der Waals surface area contributed by atoms with Crippen LogP contribution in [0.25, 0.3) is 10.9 Å². The van der Waals surface area contributed by atoms with E-state index in [-0.39, 0.29) is 16.8 Å². The molecule has 2 aromatic carbocycles. The first-order valence-electron chi connectivity index (χ1n) is 9.19. The molecule has 0 fully saturated rings. The third-order valence-corrected chi connectivity index (χ3v) is 4.90. The summed E-state index contributed by atoms with van der Waals surface area (Å²) >= 11 is 0. The average molecular weight is 368 g/mol. The molecule has 0 atom stereocenters. The van der Waals surface area contributed by atoms with E-state index in [1.165, 1.54) is 0 Å². The minimum Gasteiger partial charge on any atom is -0.340 e. The molecule has 0 aliphatic rings. The van der Waals surface area contributed by atoms with Gasteiger partial charge in [-0.05, 0) is 43.7 Å². The number of aryl methyl sites for hydroxylation is 2. The molecule has 0 bridgehead atoms. The number of carbonyl (C=O) groups excluding carboxylic acids is 1. The average Bonchev–Trinajstić information content (AvgIpc) is 2.70. The molecule has 0 amide bonds. The molecule has 4 rings (SSSR count). The van der Waals surface area contributed by atoms with Crippen LogP contribution in [0.3, 0.4) is 0 Å². The van der Waals surface area contributed by atoms with Crippen molar-refractivity contribution in [2.45, 2.75) is 20.4 Å². The van der Waals surface area contributed by atoms with E-state index in [2.05, 4.69) is 4.98 Å². The van der Waals surface area contributed by atoms with Crippen molar-refractivity contribution >= 4 is 16.7 Å². The maximum atomic E-state index is 13.2. The number of rotatable bonds is 4. The Morgan fingerprint density at radius 3 is 2.43 bits per heavy atom. The lowest BCUT2D eigenvalue weighted by Gasteiger charge is -2.14. The minimum atomic E-state index is -0.250. The molecule has 2 aromatic heterocycles. The van der Waals surface area contributed by atoms with E-state index in [0.717, 1.165) is 22.5 Å². The number of benzene rings is 2. The third kappa shape index (κ3) is 3.25. The SMILES string of the molecule is Cc1cccc(Cn2cc(C(=O)c3ccccc3C)c(=O)c3ccccc32)n1. The van der Waals surface area contributed by atoms with Crippen molar-refractivity contribution < 1.29 is 4.79 Å². The molecule has 0 aliphatic carbocycles. The highest BCUT2D eigenvalue weighted by atomic mass is 16.1. The molecule has 0 radical (unpaired) electrons. The quantitative estimate of drug-likeness (QED) is 0.505. The van der Waals surface area contributed by atoms with Crippen LogP contribution in [0.5, 0.6) is 0 Å². The Hall–Kier alpha value is -3.53. The zero-order chi connectivity index (χ0) is 19.7. The van der Waals surface area contributed by atoms with Gasteiger partial charge in [0, 0.05) is 22.8 Å². The van der Waals surface area contributed by atoms with Crippen LogP contribution in [0.2, 0.25) is 0 Å². The van der Waals surface area contributed by atoms with Gasteiger partial charge in [-0.25, -0.2) is 0 Å². The largest absolute Gasteiger partial charge is 0.340 e. The lowest BCUT2D eigenvalue weighted by Crippen LogP contribution is -2.21. The van der Waals surface area contributed by atoms with Gasteiger partial charge >= 0.3 is 0 Å². The smallest absolute Gasteiger partial charge is 0.200 e. The predicted molar refractivity (Wildman–Crippen MR) is 111 cm³/mol. The Kier molecular flexibility index (Phi) is 4.62. The predicted octanol–water partition coefficient (Wildman–Crippen LogP) is 4.29. The first-order chi connectivity index (χ1) is 13.5. The molecule has 2 heterocycles. The van der Waals surface area contributed by atoms with Crippen molar-refractivity contribution in [2.75, 3.05) is 0 Å². The van der Waals surface area contributed by atoms with Crippen molar-refractivity contribution in [3.05, 3.63) is 111 Å². The van der Waals surface area contributed by atoms with E-state index in [4.69, 9.17) is 0 Å². The summed E-state index contributed by atoms with van der Waals surface area (Å²) in [5, 5.41) is 0.537. The van der Waals surface area contributed by atoms with Gasteiger partial charge in [-0.3, -0.25) is 14.6 Å². The molecular weight excluding hydrogens is 348 g/mol. The summed E-state index contributed by atoms with van der Waals surface area (Å²) in [7, 11) is 0. The fourth-order valence-electron chi connectivity index (χ4n) is 3.47. The number of pyridine rings is 2. The third-order valence-electron chi connectivity index (χ3n) is 4.90. The van der Waals surface area contributed by atoms with Crippen LogP contribution in [0.1, 0.15) is 32.9 Å². The maximum Gasteiger partial charge on any atom is 0.200 e. The number of para-hydroxylation sites is 1. The molecule has 4 aromatic rings. The van der Waals surface area contributed by atoms with Crippen LogP contribution < -0.4 is 5.43 Å². The molecule has 28 heavy (non-hydrogen) atoms. The normalized spacial score (nSPS) is 10.9. The van der Waals surface area contributed by atoms with Gasteiger partial charge in [0.05, 0.1) is 23.3 Å². The van der Waals surface area contributed by atoms with E-state index in [0.29, 0.717) is 17.5 Å². The number of hydrogen-bond donors (Lipinski definition) is 0. The lowest BCUT2D eigenvalue weighted by molar-refractivity contribution is 0.103. The zero-order valence-corrected chi connectivity index (χ0v) is 15.8. The highest BCUT2D eigenvalue weighted by Gasteiger charge is 2.18. The molecule has 0 unspecified atom stereocenters. The summed E-state index contributed by atoms with van der Waals surface area (Å²) < 4.78 is 1.93. The van der Waals surface area contributed by atoms with Crippen molar-refractivity contribution in [3.8, 4) is 0 Å². The van der Waals surface area contributed by atoms with E-state index in [1.54, 1.807) is 18.3 Å². The fourth-order valence-corrected chi connectivity index (χ4v) is 3.47. The van der Waals surface area contributed by atoms with E-state index < -0.39 is 0 Å². The van der Waals surface area contributed by atoms with Crippen molar-refractivity contribution in [1.82, 2.24) is 9.55 Å². The van der Waals surface area contributed by atoms with Gasteiger partial charge in [-0.1, -0.05) is 42.5 Å². The van der Waals surface area contributed by atoms with Crippen LogP contribution in [0, 0.1) is 13.8 Å².